The molecular formula is C20H38. The first-order valence-electron chi connectivity index (χ1n) is 8.81. The maximum absolute atomic E-state index is 2.49. The zero-order chi connectivity index (χ0) is 15.5. The smallest absolute Gasteiger partial charge is 0.0298 e. The minimum atomic E-state index is 0.466. The molecule has 0 aromatic carbocycles. The largest absolute Gasteiger partial charge is 0.0602 e. The fourth-order valence-corrected chi connectivity index (χ4v) is 5.94. The molecule has 2 aliphatic carbocycles. The van der Waals surface area contributed by atoms with Gasteiger partial charge in [-0.3, -0.25) is 0 Å². The maximum atomic E-state index is 2.49. The van der Waals surface area contributed by atoms with E-state index in [4.69, 9.17) is 0 Å². The van der Waals surface area contributed by atoms with Crippen molar-refractivity contribution in [2.75, 3.05) is 0 Å². The van der Waals surface area contributed by atoms with E-state index in [9.17, 15) is 0 Å². The van der Waals surface area contributed by atoms with Crippen molar-refractivity contribution in [3.8, 4) is 0 Å². The number of hydrogen-bond donors (Lipinski definition) is 0. The molecule has 0 aromatic rings. The molecule has 0 spiro atoms. The van der Waals surface area contributed by atoms with Gasteiger partial charge in [-0.2, -0.15) is 0 Å². The Kier molecular flexibility index (Phi) is 3.89. The van der Waals surface area contributed by atoms with Crippen LogP contribution in [-0.2, 0) is 0 Å². The Hall–Kier alpha value is 0. The van der Waals surface area contributed by atoms with Gasteiger partial charge in [0.15, 0.2) is 0 Å². The minimum absolute atomic E-state index is 0.466. The van der Waals surface area contributed by atoms with Crippen LogP contribution >= 0.6 is 0 Å². The van der Waals surface area contributed by atoms with E-state index >= 15 is 0 Å². The first-order chi connectivity index (χ1) is 8.81. The van der Waals surface area contributed by atoms with E-state index in [2.05, 4.69) is 62.3 Å². The van der Waals surface area contributed by atoms with Gasteiger partial charge in [0.2, 0.25) is 0 Å². The van der Waals surface area contributed by atoms with Gasteiger partial charge in [-0.05, 0) is 65.1 Å². The summed E-state index contributed by atoms with van der Waals surface area (Å²) in [4.78, 5) is 0. The Morgan fingerprint density at radius 2 is 1.20 bits per heavy atom. The van der Waals surface area contributed by atoms with E-state index in [-0.39, 0.29) is 0 Å². The Balaban J connectivity index is 2.25. The monoisotopic (exact) mass is 278 g/mol. The molecule has 5 unspecified atom stereocenters. The van der Waals surface area contributed by atoms with Gasteiger partial charge in [0.05, 0.1) is 0 Å². The van der Waals surface area contributed by atoms with Crippen molar-refractivity contribution in [3.05, 3.63) is 0 Å². The molecule has 0 N–H and O–H groups in total. The van der Waals surface area contributed by atoms with Crippen molar-refractivity contribution >= 4 is 0 Å². The highest BCUT2D eigenvalue weighted by molar-refractivity contribution is 5.07. The Morgan fingerprint density at radius 3 is 1.60 bits per heavy atom. The van der Waals surface area contributed by atoms with Crippen molar-refractivity contribution in [2.24, 2.45) is 45.8 Å². The molecule has 2 rings (SSSR count). The fraction of sp³-hybridized carbons (Fsp3) is 1.00. The second-order valence-corrected chi connectivity index (χ2v) is 11.2. The van der Waals surface area contributed by atoms with Crippen LogP contribution in [0, 0.1) is 45.8 Å². The van der Waals surface area contributed by atoms with Gasteiger partial charge in [0.1, 0.15) is 0 Å². The third-order valence-electron chi connectivity index (χ3n) is 6.02. The van der Waals surface area contributed by atoms with Crippen LogP contribution in [0.2, 0.25) is 0 Å². The van der Waals surface area contributed by atoms with Crippen LogP contribution in [-0.4, -0.2) is 0 Å². The summed E-state index contributed by atoms with van der Waals surface area (Å²) in [6.07, 6.45) is 4.46. The highest BCUT2D eigenvalue weighted by atomic mass is 14.6. The molecule has 2 fully saturated rings. The average molecular weight is 279 g/mol. The molecule has 0 nitrogen and oxygen atoms in total. The van der Waals surface area contributed by atoms with Crippen molar-refractivity contribution < 1.29 is 0 Å². The van der Waals surface area contributed by atoms with Crippen molar-refractivity contribution in [2.45, 2.75) is 81.6 Å². The molecule has 0 aliphatic heterocycles. The average Bonchev–Trinajstić information content (AvgIpc) is 2.67. The quantitative estimate of drug-likeness (QED) is 0.520. The fourth-order valence-electron chi connectivity index (χ4n) is 5.94. The zero-order valence-corrected chi connectivity index (χ0v) is 15.5. The summed E-state index contributed by atoms with van der Waals surface area (Å²) in [6.45, 7) is 22.2. The number of hydrogen-bond acceptors (Lipinski definition) is 0. The molecule has 0 heteroatoms. The molecule has 0 amide bonds. The van der Waals surface area contributed by atoms with Crippen LogP contribution < -0.4 is 0 Å². The van der Waals surface area contributed by atoms with Gasteiger partial charge in [-0.25, -0.2) is 0 Å². The van der Waals surface area contributed by atoms with E-state index in [1.54, 1.807) is 0 Å². The summed E-state index contributed by atoms with van der Waals surface area (Å²) in [5.74, 6) is 4.83. The lowest BCUT2D eigenvalue weighted by atomic mass is 9.56. The molecule has 2 bridgehead atoms. The molecule has 20 heavy (non-hydrogen) atoms. The summed E-state index contributed by atoms with van der Waals surface area (Å²) < 4.78 is 0. The molecule has 0 saturated heterocycles. The second-order valence-electron chi connectivity index (χ2n) is 11.2. The maximum Gasteiger partial charge on any atom is -0.0298 e. The summed E-state index contributed by atoms with van der Waals surface area (Å²) in [7, 11) is 0. The van der Waals surface area contributed by atoms with Crippen LogP contribution in [0.15, 0.2) is 0 Å². The van der Waals surface area contributed by atoms with E-state index < -0.39 is 0 Å². The van der Waals surface area contributed by atoms with Crippen LogP contribution in [0.3, 0.4) is 0 Å². The van der Waals surface area contributed by atoms with E-state index in [1.165, 1.54) is 19.3 Å². The predicted octanol–water partition coefficient (Wildman–Crippen LogP) is 6.40. The van der Waals surface area contributed by atoms with Crippen LogP contribution in [0.4, 0.5) is 0 Å². The molecular weight excluding hydrogens is 240 g/mol. The van der Waals surface area contributed by atoms with Gasteiger partial charge in [-0.15, -0.1) is 0 Å². The molecule has 0 aromatic heterocycles. The lowest BCUT2D eigenvalue weighted by molar-refractivity contribution is -0.00700. The SMILES string of the molecule is CC(C)(C)CC1CC2CC1C(C(C)(C)C)C2C(C)(C)C. The van der Waals surface area contributed by atoms with Crippen molar-refractivity contribution in [1.29, 1.82) is 0 Å². The summed E-state index contributed by atoms with van der Waals surface area (Å²) in [5.41, 5.74) is 1.44. The Morgan fingerprint density at radius 1 is 0.700 bits per heavy atom. The molecule has 0 heterocycles. The minimum Gasteiger partial charge on any atom is -0.0602 e. The normalized spacial score (nSPS) is 38.5. The third-order valence-corrected chi connectivity index (χ3v) is 6.02. The number of rotatable bonds is 1. The zero-order valence-electron chi connectivity index (χ0n) is 15.5. The van der Waals surface area contributed by atoms with Crippen LogP contribution in [0.25, 0.3) is 0 Å². The Bertz CT molecular complexity index is 342. The topological polar surface area (TPSA) is 0 Å². The molecule has 2 saturated carbocycles. The molecule has 118 valence electrons. The molecule has 0 radical (unpaired) electrons. The molecule has 5 atom stereocenters. The summed E-state index contributed by atoms with van der Waals surface area (Å²) in [5, 5.41) is 0. The lowest BCUT2D eigenvalue weighted by Gasteiger charge is -2.49. The highest BCUT2D eigenvalue weighted by Gasteiger charge is 2.58. The van der Waals surface area contributed by atoms with Gasteiger partial charge in [-0.1, -0.05) is 62.3 Å². The van der Waals surface area contributed by atoms with Crippen LogP contribution in [0.1, 0.15) is 81.6 Å². The van der Waals surface area contributed by atoms with Gasteiger partial charge in [0.25, 0.3) is 0 Å². The van der Waals surface area contributed by atoms with Gasteiger partial charge >= 0.3 is 0 Å². The third kappa shape index (κ3) is 3.09. The lowest BCUT2D eigenvalue weighted by Crippen LogP contribution is -2.43. The highest BCUT2D eigenvalue weighted by Crippen LogP contribution is 2.65. The first kappa shape index (κ1) is 16.4. The summed E-state index contributed by atoms with van der Waals surface area (Å²) >= 11 is 0. The molecule has 2 aliphatic rings. The van der Waals surface area contributed by atoms with Crippen molar-refractivity contribution in [3.63, 3.8) is 0 Å². The summed E-state index contributed by atoms with van der Waals surface area (Å²) in [6, 6.07) is 0. The predicted molar refractivity (Wildman–Crippen MR) is 89.7 cm³/mol. The van der Waals surface area contributed by atoms with Crippen LogP contribution in [0.5, 0.6) is 0 Å². The van der Waals surface area contributed by atoms with E-state index in [1.807, 2.05) is 0 Å². The van der Waals surface area contributed by atoms with Gasteiger partial charge < -0.3 is 0 Å². The van der Waals surface area contributed by atoms with Crippen molar-refractivity contribution in [1.82, 2.24) is 0 Å². The number of fused-ring (bicyclic) bond motifs is 2. The first-order valence-corrected chi connectivity index (χ1v) is 8.81. The standard InChI is InChI=1S/C20H38/c1-18(2,3)12-14-10-13-11-15(14)17(20(7,8)9)16(13)19(4,5)6/h13-17H,10-12H2,1-9H3. The van der Waals surface area contributed by atoms with E-state index in [0.29, 0.717) is 16.2 Å². The van der Waals surface area contributed by atoms with E-state index in [0.717, 1.165) is 29.6 Å². The van der Waals surface area contributed by atoms with Gasteiger partial charge in [0, 0.05) is 0 Å². The Labute approximate surface area is 128 Å². The second kappa shape index (κ2) is 4.75.